The molecule has 0 bridgehead atoms. The van der Waals surface area contributed by atoms with Crippen molar-refractivity contribution in [1.82, 2.24) is 15.1 Å². The highest BCUT2D eigenvalue weighted by Crippen LogP contribution is 2.33. The molecule has 6 nitrogen and oxygen atoms in total. The van der Waals surface area contributed by atoms with Crippen molar-refractivity contribution in [3.05, 3.63) is 5.01 Å². The van der Waals surface area contributed by atoms with Gasteiger partial charge in [-0.05, 0) is 6.42 Å². The number of urea groups is 1. The lowest BCUT2D eigenvalue weighted by atomic mass is 10.2. The fourth-order valence-corrected chi connectivity index (χ4v) is 2.41. The molecule has 0 spiro atoms. The number of amides is 2. The number of nitrogens with zero attached hydrogens (tertiary/aromatic N) is 3. The van der Waals surface area contributed by atoms with Crippen LogP contribution in [0.25, 0.3) is 0 Å². The maximum Gasteiger partial charge on any atom is 0.445 e. The molecule has 1 aromatic heterocycles. The molecule has 1 saturated heterocycles. The van der Waals surface area contributed by atoms with Crippen molar-refractivity contribution in [3.8, 4) is 0 Å². The van der Waals surface area contributed by atoms with E-state index < -0.39 is 17.2 Å². The van der Waals surface area contributed by atoms with E-state index in [2.05, 4.69) is 15.5 Å². The van der Waals surface area contributed by atoms with Gasteiger partial charge in [0.1, 0.15) is 0 Å². The van der Waals surface area contributed by atoms with Gasteiger partial charge < -0.3 is 9.64 Å². The van der Waals surface area contributed by atoms with Gasteiger partial charge >= 0.3 is 12.2 Å². The van der Waals surface area contributed by atoms with Crippen LogP contribution in [0.4, 0.5) is 23.1 Å². The smallest absolute Gasteiger partial charge is 0.377 e. The Labute approximate surface area is 116 Å². The first-order valence-electron chi connectivity index (χ1n) is 5.98. The Bertz CT molecular complexity index is 479. The minimum absolute atomic E-state index is 0.0845. The number of halogens is 3. The lowest BCUT2D eigenvalue weighted by Gasteiger charge is -2.34. The molecule has 2 amide bonds. The quantitative estimate of drug-likeness (QED) is 0.909. The molecule has 0 radical (unpaired) electrons. The summed E-state index contributed by atoms with van der Waals surface area (Å²) in [4.78, 5) is 13.6. The molecule has 1 aliphatic rings. The zero-order valence-electron chi connectivity index (χ0n) is 10.6. The summed E-state index contributed by atoms with van der Waals surface area (Å²) in [6.07, 6.45) is -3.84. The minimum Gasteiger partial charge on any atom is -0.377 e. The monoisotopic (exact) mass is 310 g/mol. The maximum absolute atomic E-state index is 12.4. The normalized spacial score (nSPS) is 20.0. The molecule has 1 fully saturated rings. The second-order valence-corrected chi connectivity index (χ2v) is 5.15. The van der Waals surface area contributed by atoms with Crippen molar-refractivity contribution in [2.75, 3.05) is 25.1 Å². The highest BCUT2D eigenvalue weighted by molar-refractivity contribution is 7.15. The molecule has 2 rings (SSSR count). The number of alkyl halides is 3. The predicted molar refractivity (Wildman–Crippen MR) is 65.5 cm³/mol. The molecule has 0 saturated carbocycles. The molecule has 10 heteroatoms. The van der Waals surface area contributed by atoms with Crippen LogP contribution < -0.4 is 5.32 Å². The number of carbonyl (C=O) groups is 1. The molecule has 0 aromatic carbocycles. The van der Waals surface area contributed by atoms with Gasteiger partial charge in [-0.3, -0.25) is 5.32 Å². The SMILES string of the molecule is CC[C@@H]1COCCN1C(=O)Nc1nnc(C(F)(F)F)s1. The third kappa shape index (κ3) is 3.37. The van der Waals surface area contributed by atoms with Crippen molar-refractivity contribution in [2.45, 2.75) is 25.6 Å². The number of hydrogen-bond donors (Lipinski definition) is 1. The zero-order chi connectivity index (χ0) is 14.8. The Balaban J connectivity index is 2.02. The van der Waals surface area contributed by atoms with Gasteiger partial charge in [-0.25, -0.2) is 4.79 Å². The average molecular weight is 310 g/mol. The van der Waals surface area contributed by atoms with Crippen molar-refractivity contribution >= 4 is 22.5 Å². The van der Waals surface area contributed by atoms with Crippen molar-refractivity contribution in [3.63, 3.8) is 0 Å². The summed E-state index contributed by atoms with van der Waals surface area (Å²) in [5.41, 5.74) is 0. The molecule has 2 heterocycles. The van der Waals surface area contributed by atoms with E-state index in [-0.39, 0.29) is 11.2 Å². The van der Waals surface area contributed by atoms with Crippen LogP contribution >= 0.6 is 11.3 Å². The molecule has 1 N–H and O–H groups in total. The Kier molecular flexibility index (Phi) is 4.43. The molecular formula is C10H13F3N4O2S. The van der Waals surface area contributed by atoms with E-state index in [4.69, 9.17) is 4.74 Å². The van der Waals surface area contributed by atoms with Crippen molar-refractivity contribution < 1.29 is 22.7 Å². The van der Waals surface area contributed by atoms with Crippen molar-refractivity contribution in [2.24, 2.45) is 0 Å². The summed E-state index contributed by atoms with van der Waals surface area (Å²) < 4.78 is 42.4. The molecule has 0 aliphatic carbocycles. The van der Waals surface area contributed by atoms with E-state index in [0.717, 1.165) is 0 Å². The first kappa shape index (κ1) is 15.0. The Hall–Kier alpha value is -1.42. The topological polar surface area (TPSA) is 67.3 Å². The number of morpholine rings is 1. The Morgan fingerprint density at radius 1 is 1.55 bits per heavy atom. The van der Waals surface area contributed by atoms with E-state index in [1.807, 2.05) is 6.92 Å². The van der Waals surface area contributed by atoms with Crippen LogP contribution in [0.15, 0.2) is 0 Å². The summed E-state index contributed by atoms with van der Waals surface area (Å²) in [6.45, 7) is 3.14. The second kappa shape index (κ2) is 5.92. The Morgan fingerprint density at radius 3 is 2.90 bits per heavy atom. The van der Waals surface area contributed by atoms with Crippen LogP contribution in [-0.4, -0.2) is 46.9 Å². The zero-order valence-corrected chi connectivity index (χ0v) is 11.4. The average Bonchev–Trinajstić information content (AvgIpc) is 2.87. The predicted octanol–water partition coefficient (Wildman–Crippen LogP) is 2.20. The van der Waals surface area contributed by atoms with Crippen LogP contribution in [0.2, 0.25) is 0 Å². The van der Waals surface area contributed by atoms with Crippen LogP contribution in [0.5, 0.6) is 0 Å². The molecule has 112 valence electrons. The van der Waals surface area contributed by atoms with E-state index in [0.29, 0.717) is 37.5 Å². The summed E-state index contributed by atoms with van der Waals surface area (Å²) in [5, 5.41) is 7.44. The third-order valence-corrected chi connectivity index (χ3v) is 3.72. The van der Waals surface area contributed by atoms with E-state index >= 15 is 0 Å². The largest absolute Gasteiger partial charge is 0.445 e. The van der Waals surface area contributed by atoms with Crippen LogP contribution in [-0.2, 0) is 10.9 Å². The van der Waals surface area contributed by atoms with Gasteiger partial charge in [-0.1, -0.05) is 18.3 Å². The molecule has 1 atom stereocenters. The van der Waals surface area contributed by atoms with Gasteiger partial charge in [-0.15, -0.1) is 10.2 Å². The lowest BCUT2D eigenvalue weighted by molar-refractivity contribution is -0.138. The lowest BCUT2D eigenvalue weighted by Crippen LogP contribution is -2.50. The number of anilines is 1. The Morgan fingerprint density at radius 2 is 2.30 bits per heavy atom. The summed E-state index contributed by atoms with van der Waals surface area (Å²) >= 11 is 0.304. The van der Waals surface area contributed by atoms with Gasteiger partial charge in [0.25, 0.3) is 0 Å². The summed E-state index contributed by atoms with van der Waals surface area (Å²) in [7, 11) is 0. The van der Waals surface area contributed by atoms with Gasteiger partial charge in [-0.2, -0.15) is 13.2 Å². The fraction of sp³-hybridized carbons (Fsp3) is 0.700. The van der Waals surface area contributed by atoms with Crippen LogP contribution in [0.1, 0.15) is 18.4 Å². The fourth-order valence-electron chi connectivity index (χ4n) is 1.81. The van der Waals surface area contributed by atoms with E-state index in [1.165, 1.54) is 4.90 Å². The van der Waals surface area contributed by atoms with Crippen LogP contribution in [0.3, 0.4) is 0 Å². The molecule has 1 aromatic rings. The number of hydrogen-bond acceptors (Lipinski definition) is 5. The number of nitrogens with one attached hydrogen (secondary N) is 1. The summed E-state index contributed by atoms with van der Waals surface area (Å²) in [6, 6.07) is -0.566. The summed E-state index contributed by atoms with van der Waals surface area (Å²) in [5.74, 6) is 0. The number of ether oxygens (including phenoxy) is 1. The highest BCUT2D eigenvalue weighted by Gasteiger charge is 2.36. The van der Waals surface area contributed by atoms with Gasteiger partial charge in [0, 0.05) is 6.54 Å². The second-order valence-electron chi connectivity index (χ2n) is 4.17. The van der Waals surface area contributed by atoms with Crippen LogP contribution in [0, 0.1) is 0 Å². The standard InChI is InChI=1S/C10H13F3N4O2S/c1-2-6-5-19-4-3-17(6)9(18)14-8-16-15-7(20-8)10(11,12)13/h6H,2-5H2,1H3,(H,14,16,18)/t6-/m1/s1. The van der Waals surface area contributed by atoms with Gasteiger partial charge in [0.15, 0.2) is 0 Å². The first-order chi connectivity index (χ1) is 9.41. The number of carbonyl (C=O) groups excluding carboxylic acids is 1. The van der Waals surface area contributed by atoms with Gasteiger partial charge in [0.05, 0.1) is 19.3 Å². The molecule has 1 aliphatic heterocycles. The molecule has 0 unspecified atom stereocenters. The van der Waals surface area contributed by atoms with E-state index in [1.54, 1.807) is 0 Å². The molecule has 20 heavy (non-hydrogen) atoms. The van der Waals surface area contributed by atoms with E-state index in [9.17, 15) is 18.0 Å². The van der Waals surface area contributed by atoms with Gasteiger partial charge in [0.2, 0.25) is 10.1 Å². The third-order valence-electron chi connectivity index (χ3n) is 2.84. The maximum atomic E-state index is 12.4. The number of rotatable bonds is 2. The first-order valence-corrected chi connectivity index (χ1v) is 6.79. The minimum atomic E-state index is -4.55. The molecular weight excluding hydrogens is 297 g/mol. The highest BCUT2D eigenvalue weighted by atomic mass is 32.1. The van der Waals surface area contributed by atoms with Crippen molar-refractivity contribution in [1.29, 1.82) is 0 Å². The number of aromatic nitrogens is 2.